The second-order valence-corrected chi connectivity index (χ2v) is 4.41. The average molecular weight is 274 g/mol. The Morgan fingerprint density at radius 1 is 1.47 bits per heavy atom. The van der Waals surface area contributed by atoms with E-state index in [1.807, 2.05) is 0 Å². The van der Waals surface area contributed by atoms with Gasteiger partial charge >= 0.3 is 12.1 Å². The molecular formula is C12H13F3N2O2. The number of carbonyl (C=O) groups excluding carboxylic acids is 1. The molecule has 1 fully saturated rings. The molecule has 0 N–H and O–H groups in total. The van der Waals surface area contributed by atoms with Crippen molar-refractivity contribution in [3.63, 3.8) is 0 Å². The van der Waals surface area contributed by atoms with Crippen LogP contribution in [0.5, 0.6) is 0 Å². The van der Waals surface area contributed by atoms with E-state index in [0.29, 0.717) is 12.3 Å². The molecule has 0 atom stereocenters. The summed E-state index contributed by atoms with van der Waals surface area (Å²) >= 11 is 0. The number of halogens is 3. The lowest BCUT2D eigenvalue weighted by molar-refractivity contribution is -0.142. The molecule has 19 heavy (non-hydrogen) atoms. The van der Waals surface area contributed by atoms with Gasteiger partial charge in [-0.3, -0.25) is 0 Å². The van der Waals surface area contributed by atoms with Crippen molar-refractivity contribution in [2.75, 3.05) is 6.61 Å². The van der Waals surface area contributed by atoms with E-state index in [1.165, 1.54) is 6.92 Å². The molecule has 0 aromatic carbocycles. The van der Waals surface area contributed by atoms with E-state index >= 15 is 0 Å². The Kier molecular flexibility index (Phi) is 3.73. The van der Waals surface area contributed by atoms with E-state index in [0.717, 1.165) is 19.0 Å². The smallest absolute Gasteiger partial charge is 0.434 e. The van der Waals surface area contributed by atoms with Crippen LogP contribution in [0.3, 0.4) is 0 Å². The first kappa shape index (κ1) is 13.8. The molecule has 1 aromatic heterocycles. The Morgan fingerprint density at radius 2 is 2.16 bits per heavy atom. The molecule has 104 valence electrons. The van der Waals surface area contributed by atoms with Crippen molar-refractivity contribution in [3.8, 4) is 0 Å². The maximum atomic E-state index is 12.9. The zero-order valence-electron chi connectivity index (χ0n) is 10.3. The zero-order chi connectivity index (χ0) is 14.0. The number of rotatable bonds is 4. The van der Waals surface area contributed by atoms with E-state index in [1.54, 1.807) is 0 Å². The van der Waals surface area contributed by atoms with Crippen molar-refractivity contribution < 1.29 is 22.7 Å². The summed E-state index contributed by atoms with van der Waals surface area (Å²) < 4.78 is 43.2. The first-order chi connectivity index (χ1) is 8.91. The Morgan fingerprint density at radius 3 is 2.68 bits per heavy atom. The van der Waals surface area contributed by atoms with Crippen molar-refractivity contribution >= 4 is 5.97 Å². The highest BCUT2D eigenvalue weighted by Crippen LogP contribution is 2.34. The highest BCUT2D eigenvalue weighted by atomic mass is 19.4. The summed E-state index contributed by atoms with van der Waals surface area (Å²) in [4.78, 5) is 18.8. The summed E-state index contributed by atoms with van der Waals surface area (Å²) in [5, 5.41) is 0. The van der Waals surface area contributed by atoms with Gasteiger partial charge < -0.3 is 4.74 Å². The van der Waals surface area contributed by atoms with Gasteiger partial charge in [-0.2, -0.15) is 13.2 Å². The van der Waals surface area contributed by atoms with Gasteiger partial charge in [-0.1, -0.05) is 0 Å². The molecule has 2 rings (SSSR count). The van der Waals surface area contributed by atoms with Crippen molar-refractivity contribution in [2.24, 2.45) is 5.92 Å². The molecule has 1 heterocycles. The first-order valence-electron chi connectivity index (χ1n) is 6.02. The van der Waals surface area contributed by atoms with E-state index < -0.39 is 23.4 Å². The van der Waals surface area contributed by atoms with Crippen molar-refractivity contribution in [1.29, 1.82) is 0 Å². The maximum Gasteiger partial charge on any atom is 0.434 e. The molecule has 1 aromatic rings. The molecule has 7 heteroatoms. The summed E-state index contributed by atoms with van der Waals surface area (Å²) in [6.45, 7) is 1.52. The monoisotopic (exact) mass is 274 g/mol. The third-order valence-corrected chi connectivity index (χ3v) is 2.77. The van der Waals surface area contributed by atoms with Crippen LogP contribution in [0.15, 0.2) is 6.20 Å². The van der Waals surface area contributed by atoms with Crippen LogP contribution in [0.2, 0.25) is 0 Å². The molecule has 1 aliphatic rings. The highest BCUT2D eigenvalue weighted by molar-refractivity contribution is 5.90. The van der Waals surface area contributed by atoms with Gasteiger partial charge in [0.15, 0.2) is 5.69 Å². The fourth-order valence-corrected chi connectivity index (χ4v) is 1.67. The van der Waals surface area contributed by atoms with Gasteiger partial charge in [0.2, 0.25) is 0 Å². The van der Waals surface area contributed by atoms with Gasteiger partial charge in [-0.05, 0) is 25.7 Å². The molecule has 0 bridgehead atoms. The topological polar surface area (TPSA) is 52.1 Å². The number of nitrogens with zero attached hydrogens (tertiary/aromatic N) is 2. The molecule has 0 aliphatic heterocycles. The zero-order valence-corrected chi connectivity index (χ0v) is 10.3. The van der Waals surface area contributed by atoms with Gasteiger partial charge in [0.1, 0.15) is 11.4 Å². The summed E-state index contributed by atoms with van der Waals surface area (Å²) in [7, 11) is 0. The Labute approximate surface area is 108 Å². The molecular weight excluding hydrogens is 261 g/mol. The maximum absolute atomic E-state index is 12.9. The van der Waals surface area contributed by atoms with Crippen molar-refractivity contribution in [3.05, 3.63) is 23.3 Å². The average Bonchev–Trinajstić information content (AvgIpc) is 3.12. The van der Waals surface area contributed by atoms with Gasteiger partial charge in [0.25, 0.3) is 0 Å². The number of hydrogen-bond acceptors (Lipinski definition) is 4. The van der Waals surface area contributed by atoms with E-state index in [2.05, 4.69) is 14.7 Å². The minimum atomic E-state index is -4.69. The number of hydrogen-bond donors (Lipinski definition) is 0. The Balaban J connectivity index is 2.33. The minimum absolute atomic E-state index is 0.0000437. The van der Waals surface area contributed by atoms with Crippen molar-refractivity contribution in [2.45, 2.75) is 32.4 Å². The van der Waals surface area contributed by atoms with E-state index in [-0.39, 0.29) is 12.4 Å². The lowest BCUT2D eigenvalue weighted by Crippen LogP contribution is -2.19. The third-order valence-electron chi connectivity index (χ3n) is 2.77. The number of esters is 1. The highest BCUT2D eigenvalue weighted by Gasteiger charge is 2.39. The second kappa shape index (κ2) is 5.14. The van der Waals surface area contributed by atoms with Gasteiger partial charge in [-0.15, -0.1) is 0 Å². The van der Waals surface area contributed by atoms with Crippen LogP contribution in [0.25, 0.3) is 0 Å². The number of ether oxygens (including phenoxy) is 1. The summed E-state index contributed by atoms with van der Waals surface area (Å²) in [6, 6.07) is 0. The number of alkyl halides is 3. The lowest BCUT2D eigenvalue weighted by Gasteiger charge is -2.11. The van der Waals surface area contributed by atoms with E-state index in [4.69, 9.17) is 0 Å². The molecule has 1 saturated carbocycles. The fourth-order valence-electron chi connectivity index (χ4n) is 1.67. The molecule has 0 unspecified atom stereocenters. The molecule has 0 radical (unpaired) electrons. The predicted molar refractivity (Wildman–Crippen MR) is 59.4 cm³/mol. The van der Waals surface area contributed by atoms with Crippen LogP contribution >= 0.6 is 0 Å². The van der Waals surface area contributed by atoms with E-state index in [9.17, 15) is 18.0 Å². The van der Waals surface area contributed by atoms with Gasteiger partial charge in [-0.25, -0.2) is 14.8 Å². The van der Waals surface area contributed by atoms with Crippen LogP contribution in [-0.4, -0.2) is 22.5 Å². The SMILES string of the molecule is CCOC(=O)c1cnc(CC2CC2)nc1C(F)(F)F. The van der Waals surface area contributed by atoms with Crippen LogP contribution in [0.4, 0.5) is 13.2 Å². The normalized spacial score (nSPS) is 15.4. The quantitative estimate of drug-likeness (QED) is 0.792. The van der Waals surface area contributed by atoms with Crippen LogP contribution in [0, 0.1) is 5.92 Å². The summed E-state index contributed by atoms with van der Waals surface area (Å²) in [6.07, 6.45) is -1.38. The summed E-state index contributed by atoms with van der Waals surface area (Å²) in [5.41, 5.74) is -1.84. The molecule has 0 saturated heterocycles. The molecule has 0 amide bonds. The second-order valence-electron chi connectivity index (χ2n) is 4.41. The number of carbonyl (C=O) groups is 1. The molecule has 4 nitrogen and oxygen atoms in total. The lowest BCUT2D eigenvalue weighted by atomic mass is 10.2. The van der Waals surface area contributed by atoms with Crippen LogP contribution < -0.4 is 0 Å². The largest absolute Gasteiger partial charge is 0.462 e. The predicted octanol–water partition coefficient (Wildman–Crippen LogP) is 2.62. The Bertz CT molecular complexity index is 484. The molecule has 1 aliphatic carbocycles. The minimum Gasteiger partial charge on any atom is -0.462 e. The fraction of sp³-hybridized carbons (Fsp3) is 0.583. The van der Waals surface area contributed by atoms with Crippen LogP contribution in [-0.2, 0) is 17.3 Å². The first-order valence-corrected chi connectivity index (χ1v) is 6.02. The summed E-state index contributed by atoms with van der Waals surface area (Å²) in [5.74, 6) is -0.551. The van der Waals surface area contributed by atoms with Crippen molar-refractivity contribution in [1.82, 2.24) is 9.97 Å². The van der Waals surface area contributed by atoms with Gasteiger partial charge in [0.05, 0.1) is 6.61 Å². The molecule has 0 spiro atoms. The standard InChI is InChI=1S/C12H13F3N2O2/c1-2-19-11(18)8-6-16-9(5-7-3-4-7)17-10(8)12(13,14)15/h6-7H,2-5H2,1H3. The third kappa shape index (κ3) is 3.42. The number of aromatic nitrogens is 2. The van der Waals surface area contributed by atoms with Crippen LogP contribution in [0.1, 0.15) is 41.6 Å². The van der Waals surface area contributed by atoms with Gasteiger partial charge in [0, 0.05) is 12.6 Å². The Hall–Kier alpha value is -1.66.